The van der Waals surface area contributed by atoms with Crippen molar-refractivity contribution < 1.29 is 24.1 Å². The zero-order valence-corrected chi connectivity index (χ0v) is 23.1. The Morgan fingerprint density at radius 3 is 2.52 bits per heavy atom. The fourth-order valence-electron chi connectivity index (χ4n) is 5.06. The minimum absolute atomic E-state index is 0.279. The van der Waals surface area contributed by atoms with Gasteiger partial charge in [0.1, 0.15) is 24.8 Å². The molecule has 0 atom stereocenters. The first-order chi connectivity index (χ1) is 19.5. The number of carboxylic acids is 1. The number of nitrogens with zero attached hydrogens (tertiary/aromatic N) is 4. The summed E-state index contributed by atoms with van der Waals surface area (Å²) in [5.74, 6) is 1.07. The summed E-state index contributed by atoms with van der Waals surface area (Å²) in [6.45, 7) is 5.70. The van der Waals surface area contributed by atoms with Crippen LogP contribution in [-0.4, -0.2) is 85.1 Å². The summed E-state index contributed by atoms with van der Waals surface area (Å²) < 4.78 is 16.6. The Labute approximate surface area is 238 Å². The third-order valence-electron chi connectivity index (χ3n) is 7.12. The average Bonchev–Trinajstić information content (AvgIpc) is 2.96. The second-order valence-corrected chi connectivity index (χ2v) is 10.3. The highest BCUT2D eigenvalue weighted by atomic mass is 35.5. The van der Waals surface area contributed by atoms with Gasteiger partial charge in [-0.05, 0) is 54.3 Å². The monoisotopic (exact) mass is 567 g/mol. The van der Waals surface area contributed by atoms with E-state index in [0.29, 0.717) is 24.8 Å². The van der Waals surface area contributed by atoms with Crippen LogP contribution >= 0.6 is 11.6 Å². The van der Waals surface area contributed by atoms with Gasteiger partial charge in [-0.2, -0.15) is 4.98 Å². The first-order valence-corrected chi connectivity index (χ1v) is 13.9. The number of halogens is 1. The van der Waals surface area contributed by atoms with E-state index >= 15 is 0 Å². The quantitative estimate of drug-likeness (QED) is 0.315. The summed E-state index contributed by atoms with van der Waals surface area (Å²) in [5, 5.41) is 9.29. The number of fused-ring (bicyclic) bond motifs is 3. The van der Waals surface area contributed by atoms with Crippen LogP contribution in [0.3, 0.4) is 0 Å². The molecule has 1 aliphatic heterocycles. The van der Waals surface area contributed by atoms with Gasteiger partial charge in [-0.3, -0.25) is 4.90 Å². The molecule has 2 heterocycles. The Balaban J connectivity index is 1.17. The Morgan fingerprint density at radius 2 is 1.75 bits per heavy atom. The van der Waals surface area contributed by atoms with Crippen LogP contribution in [0, 0.1) is 0 Å². The summed E-state index contributed by atoms with van der Waals surface area (Å²) in [4.78, 5) is 24.4. The summed E-state index contributed by atoms with van der Waals surface area (Å²) in [6.07, 6.45) is 1.73. The van der Waals surface area contributed by atoms with E-state index in [9.17, 15) is 4.79 Å². The second kappa shape index (κ2) is 13.3. The van der Waals surface area contributed by atoms with Crippen LogP contribution in [0.1, 0.15) is 16.7 Å². The highest BCUT2D eigenvalue weighted by Gasteiger charge is 2.27. The zero-order valence-electron chi connectivity index (χ0n) is 22.4. The number of carbonyl (C=O) groups is 1. The molecule has 11 heteroatoms. The van der Waals surface area contributed by atoms with Crippen LogP contribution in [0.15, 0.2) is 42.5 Å². The third-order valence-corrected chi connectivity index (χ3v) is 7.37. The molecule has 10 nitrogen and oxygen atoms in total. The summed E-state index contributed by atoms with van der Waals surface area (Å²) >= 11 is 5.98. The number of nitrogens with two attached hydrogens (primary N) is 1. The number of benzene rings is 2. The van der Waals surface area contributed by atoms with Crippen molar-refractivity contribution in [2.75, 3.05) is 69.8 Å². The van der Waals surface area contributed by atoms with Gasteiger partial charge in [0.2, 0.25) is 5.95 Å². The molecular weight excluding hydrogens is 534 g/mol. The maximum Gasteiger partial charge on any atom is 0.329 e. The molecule has 1 fully saturated rings. The third kappa shape index (κ3) is 7.19. The van der Waals surface area contributed by atoms with Crippen molar-refractivity contribution in [1.82, 2.24) is 14.9 Å². The number of anilines is 2. The van der Waals surface area contributed by atoms with Gasteiger partial charge < -0.3 is 30.0 Å². The van der Waals surface area contributed by atoms with Crippen molar-refractivity contribution in [3.63, 3.8) is 0 Å². The topological polar surface area (TPSA) is 123 Å². The predicted molar refractivity (Wildman–Crippen MR) is 153 cm³/mol. The molecule has 0 unspecified atom stereocenters. The van der Waals surface area contributed by atoms with Gasteiger partial charge in [0.15, 0.2) is 0 Å². The molecule has 0 saturated carbocycles. The van der Waals surface area contributed by atoms with E-state index in [4.69, 9.17) is 36.7 Å². The van der Waals surface area contributed by atoms with Crippen molar-refractivity contribution in [1.29, 1.82) is 0 Å². The molecule has 0 spiro atoms. The number of nitrogen functional groups attached to an aromatic ring is 1. The fraction of sp³-hybridized carbons (Fsp3) is 0.414. The van der Waals surface area contributed by atoms with Crippen LogP contribution in [0.5, 0.6) is 5.75 Å². The lowest BCUT2D eigenvalue weighted by Gasteiger charge is -2.37. The average molecular weight is 568 g/mol. The van der Waals surface area contributed by atoms with Crippen molar-refractivity contribution in [2.24, 2.45) is 0 Å². The van der Waals surface area contributed by atoms with Crippen molar-refractivity contribution in [2.45, 2.75) is 19.4 Å². The molecule has 1 saturated heterocycles. The highest BCUT2D eigenvalue weighted by Crippen LogP contribution is 2.38. The van der Waals surface area contributed by atoms with Crippen LogP contribution in [-0.2, 0) is 33.7 Å². The number of aliphatic carboxylic acids is 1. The number of hydrogen-bond acceptors (Lipinski definition) is 9. The molecule has 0 radical (unpaired) electrons. The van der Waals surface area contributed by atoms with E-state index in [1.807, 2.05) is 30.3 Å². The normalized spacial score (nSPS) is 15.0. The number of aryl methyl sites for hydroxylation is 1. The maximum absolute atomic E-state index is 10.5. The SMILES string of the molecule is Nc1nc2c(c(N3CCN(CCOCCOCC(=O)O)CC3)n1)CCc1cc(OCc3ccc(Cl)cc3)ccc1-2. The molecule has 2 aromatic carbocycles. The molecular formula is C29H34ClN5O5. The van der Waals surface area contributed by atoms with Gasteiger partial charge in [-0.25, -0.2) is 9.78 Å². The van der Waals surface area contributed by atoms with E-state index in [1.54, 1.807) is 0 Å². The van der Waals surface area contributed by atoms with Crippen LogP contribution in [0.4, 0.5) is 11.8 Å². The maximum atomic E-state index is 10.5. The van der Waals surface area contributed by atoms with Gasteiger partial charge in [-0.1, -0.05) is 23.7 Å². The Kier molecular flexibility index (Phi) is 9.33. The summed E-state index contributed by atoms with van der Waals surface area (Å²) in [5.41, 5.74) is 11.6. The van der Waals surface area contributed by atoms with E-state index in [1.165, 1.54) is 5.56 Å². The van der Waals surface area contributed by atoms with Crippen LogP contribution in [0.25, 0.3) is 11.3 Å². The Bertz CT molecular complexity index is 1310. The Morgan fingerprint density at radius 1 is 0.975 bits per heavy atom. The molecule has 1 aromatic heterocycles. The van der Waals surface area contributed by atoms with Gasteiger partial charge in [0.25, 0.3) is 0 Å². The molecule has 2 aliphatic rings. The van der Waals surface area contributed by atoms with E-state index < -0.39 is 5.97 Å². The number of rotatable bonds is 12. The minimum atomic E-state index is -0.973. The smallest absolute Gasteiger partial charge is 0.329 e. The Hall–Kier alpha value is -3.44. The largest absolute Gasteiger partial charge is 0.489 e. The number of piperazine rings is 1. The van der Waals surface area contributed by atoms with Crippen molar-refractivity contribution >= 4 is 29.3 Å². The van der Waals surface area contributed by atoms with E-state index in [2.05, 4.69) is 31.9 Å². The summed E-state index contributed by atoms with van der Waals surface area (Å²) in [6, 6.07) is 13.8. The minimum Gasteiger partial charge on any atom is -0.489 e. The van der Waals surface area contributed by atoms with Crippen LogP contribution < -0.4 is 15.4 Å². The first kappa shape index (κ1) is 28.1. The number of carboxylic acid groups (broad SMARTS) is 1. The lowest BCUT2D eigenvalue weighted by atomic mass is 9.88. The van der Waals surface area contributed by atoms with E-state index in [0.717, 1.165) is 79.5 Å². The molecule has 3 aromatic rings. The number of ether oxygens (including phenoxy) is 3. The summed E-state index contributed by atoms with van der Waals surface area (Å²) in [7, 11) is 0. The van der Waals surface area contributed by atoms with Crippen molar-refractivity contribution in [3.8, 4) is 17.0 Å². The van der Waals surface area contributed by atoms with Gasteiger partial charge in [0.05, 0.1) is 25.5 Å². The van der Waals surface area contributed by atoms with Crippen molar-refractivity contribution in [3.05, 3.63) is 64.2 Å². The molecule has 212 valence electrons. The number of aromatic nitrogens is 2. The molecule has 1 aliphatic carbocycles. The fourth-order valence-corrected chi connectivity index (χ4v) is 5.19. The molecule has 40 heavy (non-hydrogen) atoms. The standard InChI is InChI=1S/C29H34ClN5O5/c30-22-4-1-20(2-5-22)18-40-23-6-8-24-21(17-23)3-7-25-27(24)32-29(31)33-28(25)35-11-9-34(10-12-35)13-14-38-15-16-39-19-26(36)37/h1-2,4-6,8,17H,3,7,9-16,18-19H2,(H,36,37)(H2,31,32,33). The zero-order chi connectivity index (χ0) is 27.9. The van der Waals surface area contributed by atoms with Crippen LogP contribution in [0.2, 0.25) is 5.02 Å². The molecule has 0 amide bonds. The lowest BCUT2D eigenvalue weighted by Crippen LogP contribution is -2.48. The highest BCUT2D eigenvalue weighted by molar-refractivity contribution is 6.30. The second-order valence-electron chi connectivity index (χ2n) is 9.85. The predicted octanol–water partition coefficient (Wildman–Crippen LogP) is 3.30. The van der Waals surface area contributed by atoms with Gasteiger partial charge in [0, 0.05) is 48.9 Å². The van der Waals surface area contributed by atoms with E-state index in [-0.39, 0.29) is 19.2 Å². The van der Waals surface area contributed by atoms with Gasteiger partial charge in [-0.15, -0.1) is 0 Å². The molecule has 3 N–H and O–H groups in total. The number of hydrogen-bond donors (Lipinski definition) is 2. The molecule has 5 rings (SSSR count). The van der Waals surface area contributed by atoms with Gasteiger partial charge >= 0.3 is 5.97 Å². The first-order valence-electron chi connectivity index (χ1n) is 13.5. The molecule has 0 bridgehead atoms. The lowest BCUT2D eigenvalue weighted by molar-refractivity contribution is -0.142.